The SMILES string of the molecule is C.C.CC(C)(C)OC(=O)NCCCC[C@H](NC(=O)[C@@H]1C[C@@H](OCC2CCCCC2)CN1C(=O)CCCc1ccccc1)C(=O)c1nc2ccccc2o1.CC(C)(C)OC(=O)NCCCC[C@H](NC(=O)[C@@H]1C[C@@H](OCC2CCCCC2)CN1C(=O)CCCc1ccccc1)C(O)c1nc2ccccc2o1.NCCCC[C@H](NC(=O)[C@@H]1C[C@@H](OCC2CCCCC2)CN1C(=O)CCCc1ccccc1)C(=O)c1nc2ccccc2o1.[F-]. The van der Waals surface area contributed by atoms with Crippen LogP contribution in [-0.2, 0) is 71.7 Å². The Morgan fingerprint density at radius 1 is 0.396 bits per heavy atom. The Morgan fingerprint density at radius 2 is 0.711 bits per heavy atom. The van der Waals surface area contributed by atoms with E-state index < -0.39 is 77.4 Å². The van der Waals surface area contributed by atoms with E-state index in [1.54, 1.807) is 77.9 Å². The van der Waals surface area contributed by atoms with Gasteiger partial charge in [0.2, 0.25) is 52.9 Å². The van der Waals surface area contributed by atoms with Gasteiger partial charge in [-0.3, -0.25) is 38.4 Å². The van der Waals surface area contributed by atoms with Crippen LogP contribution in [0.1, 0.15) is 318 Å². The summed E-state index contributed by atoms with van der Waals surface area (Å²) in [4.78, 5) is 153. The van der Waals surface area contributed by atoms with E-state index >= 15 is 0 Å². The summed E-state index contributed by atoms with van der Waals surface area (Å²) in [5, 5.41) is 26.1. The van der Waals surface area contributed by atoms with Crippen molar-refractivity contribution in [3.8, 4) is 0 Å². The number of likely N-dealkylation sites (tertiary alicyclic amines) is 3. The molecule has 3 aromatic heterocycles. The van der Waals surface area contributed by atoms with Crippen LogP contribution >= 0.6 is 0 Å². The number of carbonyl (C=O) groups excluding carboxylic acids is 10. The average molecular weight is 2060 g/mol. The van der Waals surface area contributed by atoms with Gasteiger partial charge in [-0.1, -0.05) is 200 Å². The van der Waals surface area contributed by atoms with Gasteiger partial charge in [-0.25, -0.2) is 24.5 Å². The normalized spacial score (nSPS) is 18.9. The maximum atomic E-state index is 14.1. The van der Waals surface area contributed by atoms with Crippen LogP contribution in [0, 0.1) is 17.8 Å². The number of ketones is 2. The number of unbranched alkanes of at least 4 members (excludes halogenated alkanes) is 3. The number of nitrogens with zero attached hydrogens (tertiary/aromatic N) is 6. The van der Waals surface area contributed by atoms with Crippen LogP contribution in [0.25, 0.3) is 33.3 Å². The molecule has 10 atom stereocenters. The first-order chi connectivity index (χ1) is 70.6. The van der Waals surface area contributed by atoms with Gasteiger partial charge in [0.05, 0.1) is 36.4 Å². The summed E-state index contributed by atoms with van der Waals surface area (Å²) < 4.78 is 47.2. The topological polar surface area (TPSA) is 411 Å². The van der Waals surface area contributed by atoms with Crippen LogP contribution in [0.4, 0.5) is 9.59 Å². The molecule has 3 aliphatic carbocycles. The third-order valence-corrected chi connectivity index (χ3v) is 28.3. The second-order valence-electron chi connectivity index (χ2n) is 42.3. The van der Waals surface area contributed by atoms with E-state index in [9.17, 15) is 53.1 Å². The third kappa shape index (κ3) is 38.2. The van der Waals surface area contributed by atoms with Crippen molar-refractivity contribution in [2.45, 2.75) is 359 Å². The van der Waals surface area contributed by atoms with Crippen LogP contribution in [0.5, 0.6) is 0 Å². The first kappa shape index (κ1) is 119. The number of hydrogen-bond donors (Lipinski definition) is 7. The Morgan fingerprint density at radius 3 is 1.05 bits per heavy atom. The molecule has 0 spiro atoms. The molecule has 8 amide bonds. The van der Waals surface area contributed by atoms with Crippen LogP contribution < -0.4 is 37.0 Å². The number of halogens is 1. The van der Waals surface area contributed by atoms with Crippen LogP contribution in [0.2, 0.25) is 0 Å². The number of nitrogens with two attached hydrogens (primary N) is 1. The Hall–Kier alpha value is -11.8. The number of Topliss-reactive ketones (excluding diaryl/α,β-unsaturated/α-hetero) is 2. The first-order valence-corrected chi connectivity index (χ1v) is 53.9. The minimum atomic E-state index is -1.23. The standard InChI is InChI=1S/C40H56N4O7.C40H54N4O7.C35H46N4O5.2CH4.FH/c2*1-40(2,3)51-39(48)41-24-13-12-21-32(36(46)38-43-31-20-10-11-22-34(31)50-38)42-37(47)33-25-30(49-27-29-17-8-5-9-18-29)26-44(33)35(45)23-14-19-28-15-6-4-7-16-28;36-21-10-9-18-29(33(41)35-38-28-17-7-8-19-31(28)44-35)37-34(42)30-22-27(43-24-26-14-5-2-6-15-26)23-39(30)32(40)20-11-16-25-12-3-1-4-13-25;;;/h4,6-7,10-11,15-16,20,22,29-30,32-33,36,46H,5,8-9,12-14,17-19,21,23-27H2,1-3H3,(H,41,48)(H,42,47);4,6-7,10-11,15-16,20,22,29-30,32-33H,5,8-9,12-14,17-19,21,23-27H2,1-3H3,(H,41,48)(H,42,47);1,3-4,7-8,12-13,17,19,26-27,29-30H,2,5-6,9-11,14-16,18,20-24,36H2,(H,37,42);2*1H4;1H/p-1/t30-,32+,33+,36?;30-,32+,33+;27-,29+,30+;;;/m111.../s1. The molecule has 8 N–H and O–H groups in total. The number of hydrogen-bond acceptors (Lipinski definition) is 23. The molecule has 3 saturated heterocycles. The van der Waals surface area contributed by atoms with Gasteiger partial charge in [0.1, 0.15) is 45.9 Å². The number of amides is 8. The number of ether oxygens (including phenoxy) is 5. The van der Waals surface area contributed by atoms with E-state index in [0.717, 1.165) is 56.9 Å². The van der Waals surface area contributed by atoms with Crippen molar-refractivity contribution in [2.24, 2.45) is 23.5 Å². The maximum absolute atomic E-state index is 14.1. The third-order valence-electron chi connectivity index (χ3n) is 28.3. The molecular formula is C117H164FN12O19-. The Kier molecular flexibility index (Phi) is 48.6. The Bertz CT molecular complexity index is 5500. The highest BCUT2D eigenvalue weighted by atomic mass is 19.0. The predicted octanol–water partition coefficient (Wildman–Crippen LogP) is 16.9. The number of benzene rings is 6. The van der Waals surface area contributed by atoms with E-state index in [1.807, 2.05) is 118 Å². The molecule has 6 heterocycles. The molecular weight excluding hydrogens is 1900 g/mol. The minimum Gasteiger partial charge on any atom is -1.00 e. The number of rotatable bonds is 47. The molecule has 149 heavy (non-hydrogen) atoms. The zero-order valence-corrected chi connectivity index (χ0v) is 86.8. The van der Waals surface area contributed by atoms with Gasteiger partial charge >= 0.3 is 12.2 Å². The van der Waals surface area contributed by atoms with Crippen molar-refractivity contribution >= 4 is 92.5 Å². The van der Waals surface area contributed by atoms with Crippen molar-refractivity contribution in [1.82, 2.24) is 56.2 Å². The molecule has 0 bridgehead atoms. The zero-order valence-electron chi connectivity index (χ0n) is 86.8. The van der Waals surface area contributed by atoms with Gasteiger partial charge in [0.15, 0.2) is 22.9 Å². The number of oxazole rings is 3. The minimum absolute atomic E-state index is 0. The number of aliphatic hydroxyl groups excluding tert-OH is 1. The van der Waals surface area contributed by atoms with E-state index in [4.69, 9.17) is 42.7 Å². The van der Waals surface area contributed by atoms with E-state index in [0.29, 0.717) is 219 Å². The summed E-state index contributed by atoms with van der Waals surface area (Å²) in [6, 6.07) is 47.1. The average Bonchev–Trinajstić information content (AvgIpc) is 1.68. The molecule has 3 saturated carbocycles. The predicted molar refractivity (Wildman–Crippen MR) is 571 cm³/mol. The van der Waals surface area contributed by atoms with E-state index in [2.05, 4.69) is 65.8 Å². The second kappa shape index (κ2) is 60.9. The Balaban J connectivity index is 0.000000227. The molecule has 9 aromatic rings. The van der Waals surface area contributed by atoms with E-state index in [-0.39, 0.29) is 90.9 Å². The lowest BCUT2D eigenvalue weighted by molar-refractivity contribution is -0.139. The lowest BCUT2D eigenvalue weighted by atomic mass is 9.90. The molecule has 6 fully saturated rings. The summed E-state index contributed by atoms with van der Waals surface area (Å²) in [6.45, 7) is 15.1. The fourth-order valence-corrected chi connectivity index (χ4v) is 20.5. The first-order valence-electron chi connectivity index (χ1n) is 53.9. The van der Waals surface area contributed by atoms with Crippen molar-refractivity contribution < 1.29 is 94.7 Å². The molecule has 814 valence electrons. The van der Waals surface area contributed by atoms with Crippen molar-refractivity contribution in [3.05, 3.63) is 198 Å². The number of aliphatic hydroxyl groups is 1. The van der Waals surface area contributed by atoms with Crippen LogP contribution in [0.3, 0.4) is 0 Å². The number of alkyl carbamates (subject to hydrolysis) is 2. The molecule has 32 heteroatoms. The maximum Gasteiger partial charge on any atom is 0.407 e. The number of fused-ring (bicyclic) bond motifs is 3. The number of carbonyl (C=O) groups is 10. The quantitative estimate of drug-likeness (QED) is 0.0138. The van der Waals surface area contributed by atoms with E-state index in [1.165, 1.54) is 81.8 Å². The number of nitrogens with one attached hydrogen (secondary N) is 5. The largest absolute Gasteiger partial charge is 1.00 e. The monoisotopic (exact) mass is 2060 g/mol. The molecule has 31 nitrogen and oxygen atoms in total. The fourth-order valence-electron chi connectivity index (χ4n) is 20.5. The zero-order chi connectivity index (χ0) is 103. The van der Waals surface area contributed by atoms with Crippen LogP contribution in [0.15, 0.2) is 177 Å². The van der Waals surface area contributed by atoms with Gasteiger partial charge in [-0.05, 0) is 254 Å². The summed E-state index contributed by atoms with van der Waals surface area (Å²) in [6.07, 6.45) is 26.4. The van der Waals surface area contributed by atoms with Crippen molar-refractivity contribution in [2.75, 3.05) is 59.1 Å². The molecule has 1 unspecified atom stereocenters. The van der Waals surface area contributed by atoms with Crippen molar-refractivity contribution in [1.29, 1.82) is 0 Å². The van der Waals surface area contributed by atoms with Crippen molar-refractivity contribution in [3.63, 3.8) is 0 Å². The highest BCUT2D eigenvalue weighted by molar-refractivity contribution is 6.02. The number of aromatic nitrogens is 3. The summed E-state index contributed by atoms with van der Waals surface area (Å²) in [7, 11) is 0. The summed E-state index contributed by atoms with van der Waals surface area (Å²) in [5.74, 6) is -0.550. The fraction of sp³-hybridized carbons (Fsp3) is 0.581. The second-order valence-corrected chi connectivity index (χ2v) is 42.3. The summed E-state index contributed by atoms with van der Waals surface area (Å²) >= 11 is 0. The summed E-state index contributed by atoms with van der Waals surface area (Å²) in [5.41, 5.74) is 11.3. The lowest BCUT2D eigenvalue weighted by Crippen LogP contribution is -3.00. The molecule has 6 aromatic carbocycles. The van der Waals surface area contributed by atoms with Gasteiger partial charge in [0, 0.05) is 91.1 Å². The van der Waals surface area contributed by atoms with Gasteiger partial charge in [-0.15, -0.1) is 0 Å². The number of para-hydroxylation sites is 6. The molecule has 3 aliphatic heterocycles. The molecule has 6 aliphatic rings. The number of aryl methyl sites for hydroxylation is 3. The van der Waals surface area contributed by atoms with Gasteiger partial charge < -0.3 is 93.8 Å². The highest BCUT2D eigenvalue weighted by Crippen LogP contribution is 2.35. The molecule has 15 rings (SSSR count). The van der Waals surface area contributed by atoms with Crippen LogP contribution in [-0.4, -0.2) is 219 Å². The lowest BCUT2D eigenvalue weighted by Gasteiger charge is -2.28. The van der Waals surface area contributed by atoms with Gasteiger partial charge in [-0.2, -0.15) is 0 Å². The molecule has 0 radical (unpaired) electrons. The highest BCUT2D eigenvalue weighted by Gasteiger charge is 2.46. The Labute approximate surface area is 878 Å². The smallest absolute Gasteiger partial charge is 0.407 e. The van der Waals surface area contributed by atoms with Gasteiger partial charge in [0.25, 0.3) is 11.8 Å².